The number of methoxy groups -OCH3 is 1. The molecule has 1 aromatic heterocycles. The molecule has 0 aliphatic carbocycles. The molecule has 0 saturated heterocycles. The number of oxazole rings is 1. The summed E-state index contributed by atoms with van der Waals surface area (Å²) in [6.07, 6.45) is 3.28. The van der Waals surface area contributed by atoms with Crippen molar-refractivity contribution in [2.45, 2.75) is 12.8 Å². The van der Waals surface area contributed by atoms with Crippen molar-refractivity contribution in [1.29, 1.82) is 0 Å². The van der Waals surface area contributed by atoms with E-state index in [9.17, 15) is 0 Å². The number of hydrogen-bond acceptors (Lipinski definition) is 4. The zero-order chi connectivity index (χ0) is 10.7. The van der Waals surface area contributed by atoms with Crippen molar-refractivity contribution >= 4 is 11.1 Å². The number of aryl methyl sites for hydroxylation is 1. The van der Waals surface area contributed by atoms with E-state index in [-0.39, 0.29) is 0 Å². The molecular weight excluding hydrogens is 192 g/mol. The first kappa shape index (κ1) is 9.98. The van der Waals surface area contributed by atoms with Crippen molar-refractivity contribution in [3.8, 4) is 5.75 Å². The van der Waals surface area contributed by atoms with Gasteiger partial charge in [-0.25, -0.2) is 4.98 Å². The van der Waals surface area contributed by atoms with Crippen LogP contribution in [0.2, 0.25) is 0 Å². The quantitative estimate of drug-likeness (QED) is 0.827. The van der Waals surface area contributed by atoms with Gasteiger partial charge in [0.05, 0.1) is 7.11 Å². The molecule has 1 heterocycles. The molecule has 2 rings (SSSR count). The minimum Gasteiger partial charge on any atom is -0.494 e. The van der Waals surface area contributed by atoms with Crippen LogP contribution in [0.1, 0.15) is 12.0 Å². The second kappa shape index (κ2) is 4.31. The fourth-order valence-corrected chi connectivity index (χ4v) is 1.67. The molecule has 0 radical (unpaired) electrons. The molecular formula is C11H14N2O2. The van der Waals surface area contributed by atoms with Crippen LogP contribution in [0, 0.1) is 0 Å². The van der Waals surface area contributed by atoms with Gasteiger partial charge >= 0.3 is 0 Å². The maximum atomic E-state index is 5.49. The number of ether oxygens (including phenoxy) is 1. The van der Waals surface area contributed by atoms with E-state index in [0.717, 1.165) is 35.3 Å². The maximum Gasteiger partial charge on any atom is 0.182 e. The fraction of sp³-hybridized carbons (Fsp3) is 0.364. The van der Waals surface area contributed by atoms with Gasteiger partial charge in [0.1, 0.15) is 0 Å². The number of fused-ring (bicyclic) bond motifs is 1. The maximum absolute atomic E-state index is 5.49. The molecule has 0 atom stereocenters. The predicted molar refractivity (Wildman–Crippen MR) is 57.9 cm³/mol. The first-order chi connectivity index (χ1) is 7.36. The SMILES string of the molecule is COc1c(CCCN)ccc2ocnc12. The van der Waals surface area contributed by atoms with Gasteiger partial charge in [-0.15, -0.1) is 0 Å². The van der Waals surface area contributed by atoms with E-state index in [0.29, 0.717) is 6.54 Å². The van der Waals surface area contributed by atoms with E-state index in [1.54, 1.807) is 7.11 Å². The third-order valence-corrected chi connectivity index (χ3v) is 2.39. The van der Waals surface area contributed by atoms with Crippen molar-refractivity contribution in [2.75, 3.05) is 13.7 Å². The summed E-state index contributed by atoms with van der Waals surface area (Å²) < 4.78 is 10.6. The first-order valence-electron chi connectivity index (χ1n) is 4.96. The third kappa shape index (κ3) is 1.80. The van der Waals surface area contributed by atoms with Crippen molar-refractivity contribution in [1.82, 2.24) is 4.98 Å². The van der Waals surface area contributed by atoms with Crippen molar-refractivity contribution < 1.29 is 9.15 Å². The number of nitrogens with zero attached hydrogens (tertiary/aromatic N) is 1. The minimum absolute atomic E-state index is 0.681. The molecule has 0 fully saturated rings. The number of rotatable bonds is 4. The van der Waals surface area contributed by atoms with E-state index in [4.69, 9.17) is 14.9 Å². The average molecular weight is 206 g/mol. The summed E-state index contributed by atoms with van der Waals surface area (Å²) >= 11 is 0. The number of hydrogen-bond donors (Lipinski definition) is 1. The molecule has 0 amide bonds. The standard InChI is InChI=1S/C11H14N2O2/c1-14-11-8(3-2-6-12)4-5-9-10(11)13-7-15-9/h4-5,7H,2-3,6,12H2,1H3. The predicted octanol–water partition coefficient (Wildman–Crippen LogP) is 1.73. The normalized spacial score (nSPS) is 10.8. The summed E-state index contributed by atoms with van der Waals surface area (Å²) in [7, 11) is 1.65. The van der Waals surface area contributed by atoms with Crippen molar-refractivity contribution in [2.24, 2.45) is 5.73 Å². The second-order valence-corrected chi connectivity index (χ2v) is 3.35. The molecule has 4 heteroatoms. The Balaban J connectivity index is 2.44. The van der Waals surface area contributed by atoms with Gasteiger partial charge in [-0.05, 0) is 31.0 Å². The Labute approximate surface area is 88.0 Å². The van der Waals surface area contributed by atoms with Crippen LogP contribution in [0.3, 0.4) is 0 Å². The van der Waals surface area contributed by atoms with E-state index in [1.807, 2.05) is 12.1 Å². The van der Waals surface area contributed by atoms with Crippen LogP contribution in [0.5, 0.6) is 5.75 Å². The Kier molecular flexibility index (Phi) is 2.87. The van der Waals surface area contributed by atoms with E-state index in [2.05, 4.69) is 4.98 Å². The molecule has 15 heavy (non-hydrogen) atoms. The van der Waals surface area contributed by atoms with Gasteiger partial charge in [0.2, 0.25) is 0 Å². The summed E-state index contributed by atoms with van der Waals surface area (Å²) in [4.78, 5) is 4.14. The lowest BCUT2D eigenvalue weighted by atomic mass is 10.1. The van der Waals surface area contributed by atoms with Crippen LogP contribution in [0.15, 0.2) is 22.9 Å². The topological polar surface area (TPSA) is 61.3 Å². The minimum atomic E-state index is 0.681. The van der Waals surface area contributed by atoms with Crippen LogP contribution in [-0.2, 0) is 6.42 Å². The fourth-order valence-electron chi connectivity index (χ4n) is 1.67. The second-order valence-electron chi connectivity index (χ2n) is 3.35. The smallest absolute Gasteiger partial charge is 0.182 e. The van der Waals surface area contributed by atoms with Crippen LogP contribution >= 0.6 is 0 Å². The lowest BCUT2D eigenvalue weighted by Crippen LogP contribution is -2.01. The summed E-state index contributed by atoms with van der Waals surface area (Å²) in [6.45, 7) is 0.681. The lowest BCUT2D eigenvalue weighted by molar-refractivity contribution is 0.413. The van der Waals surface area contributed by atoms with Gasteiger partial charge in [0, 0.05) is 0 Å². The van der Waals surface area contributed by atoms with Crippen LogP contribution in [0.25, 0.3) is 11.1 Å². The van der Waals surface area contributed by atoms with Gasteiger partial charge in [-0.2, -0.15) is 0 Å². The highest BCUT2D eigenvalue weighted by Gasteiger charge is 2.10. The van der Waals surface area contributed by atoms with Gasteiger partial charge in [-0.1, -0.05) is 6.07 Å². The van der Waals surface area contributed by atoms with E-state index >= 15 is 0 Å². The number of benzene rings is 1. The Morgan fingerprint density at radius 3 is 3.07 bits per heavy atom. The molecule has 0 aliphatic rings. The molecule has 0 unspecified atom stereocenters. The highest BCUT2D eigenvalue weighted by Crippen LogP contribution is 2.29. The Morgan fingerprint density at radius 1 is 1.47 bits per heavy atom. The molecule has 0 aliphatic heterocycles. The zero-order valence-corrected chi connectivity index (χ0v) is 8.69. The summed E-state index contributed by atoms with van der Waals surface area (Å²) in [6, 6.07) is 3.92. The van der Waals surface area contributed by atoms with Crippen LogP contribution in [0.4, 0.5) is 0 Å². The molecule has 1 aromatic carbocycles. The summed E-state index contributed by atoms with van der Waals surface area (Å²) in [5.74, 6) is 0.801. The van der Waals surface area contributed by atoms with Crippen molar-refractivity contribution in [3.05, 3.63) is 24.1 Å². The van der Waals surface area contributed by atoms with Gasteiger partial charge in [-0.3, -0.25) is 0 Å². The Morgan fingerprint density at radius 2 is 2.33 bits per heavy atom. The summed E-state index contributed by atoms with van der Waals surface area (Å²) in [5, 5.41) is 0. The van der Waals surface area contributed by atoms with Crippen LogP contribution in [-0.4, -0.2) is 18.6 Å². The summed E-state index contributed by atoms with van der Waals surface area (Å²) in [5.41, 5.74) is 8.15. The highest BCUT2D eigenvalue weighted by atomic mass is 16.5. The van der Waals surface area contributed by atoms with Crippen molar-refractivity contribution in [3.63, 3.8) is 0 Å². The third-order valence-electron chi connectivity index (χ3n) is 2.39. The largest absolute Gasteiger partial charge is 0.494 e. The molecule has 0 bridgehead atoms. The Hall–Kier alpha value is -1.55. The molecule has 2 N–H and O–H groups in total. The lowest BCUT2D eigenvalue weighted by Gasteiger charge is -2.07. The average Bonchev–Trinajstić information content (AvgIpc) is 2.73. The van der Waals surface area contributed by atoms with E-state index in [1.165, 1.54) is 6.39 Å². The van der Waals surface area contributed by atoms with Gasteiger partial charge in [0.15, 0.2) is 23.2 Å². The zero-order valence-electron chi connectivity index (χ0n) is 8.69. The molecule has 4 nitrogen and oxygen atoms in total. The van der Waals surface area contributed by atoms with Gasteiger partial charge in [0.25, 0.3) is 0 Å². The molecule has 80 valence electrons. The Bertz CT molecular complexity index is 451. The molecule has 0 spiro atoms. The highest BCUT2D eigenvalue weighted by molar-refractivity contribution is 5.81. The van der Waals surface area contributed by atoms with Crippen LogP contribution < -0.4 is 10.5 Å². The first-order valence-corrected chi connectivity index (χ1v) is 4.96. The monoisotopic (exact) mass is 206 g/mol. The molecule has 0 saturated carbocycles. The number of aromatic nitrogens is 1. The molecule has 2 aromatic rings. The number of nitrogens with two attached hydrogens (primary N) is 1. The van der Waals surface area contributed by atoms with E-state index < -0.39 is 0 Å². The van der Waals surface area contributed by atoms with Gasteiger partial charge < -0.3 is 14.9 Å².